The lowest BCUT2D eigenvalue weighted by Gasteiger charge is -2.29. The molecule has 23 heavy (non-hydrogen) atoms. The Labute approximate surface area is 142 Å². The Morgan fingerprint density at radius 2 is 2.09 bits per heavy atom. The Morgan fingerprint density at radius 3 is 2.70 bits per heavy atom. The fourth-order valence-corrected chi connectivity index (χ4v) is 3.02. The molecule has 4 nitrogen and oxygen atoms in total. The molecule has 2 rings (SSSR count). The van der Waals surface area contributed by atoms with Crippen molar-refractivity contribution in [3.63, 3.8) is 0 Å². The summed E-state index contributed by atoms with van der Waals surface area (Å²) in [6, 6.07) is 10.4. The molecule has 0 N–H and O–H groups in total. The van der Waals surface area contributed by atoms with Crippen LogP contribution in [-0.4, -0.2) is 32.9 Å². The highest BCUT2D eigenvalue weighted by Crippen LogP contribution is 2.19. The van der Waals surface area contributed by atoms with Gasteiger partial charge in [0.05, 0.1) is 12.5 Å². The summed E-state index contributed by atoms with van der Waals surface area (Å²) in [5.41, 5.74) is 1.17. The topological polar surface area (TPSA) is 38.1 Å². The Balaban J connectivity index is 2.08. The summed E-state index contributed by atoms with van der Waals surface area (Å²) in [6.07, 6.45) is 5.70. The second kappa shape index (κ2) is 8.20. The summed E-state index contributed by atoms with van der Waals surface area (Å²) in [7, 11) is 0. The summed E-state index contributed by atoms with van der Waals surface area (Å²) in [6.45, 7) is 7.36. The maximum atomic E-state index is 12.8. The zero-order valence-electron chi connectivity index (χ0n) is 14.3. The molecular weight excluding hydrogens is 306 g/mol. The zero-order valence-corrected chi connectivity index (χ0v) is 15.1. The predicted molar refractivity (Wildman–Crippen MR) is 95.3 cm³/mol. The highest BCUT2D eigenvalue weighted by atomic mass is 32.2. The van der Waals surface area contributed by atoms with Crippen molar-refractivity contribution >= 4 is 17.7 Å². The van der Waals surface area contributed by atoms with Gasteiger partial charge in [0.15, 0.2) is 0 Å². The number of aromatic nitrogens is 2. The van der Waals surface area contributed by atoms with Crippen LogP contribution >= 0.6 is 11.8 Å². The molecule has 1 unspecified atom stereocenters. The average Bonchev–Trinajstić information content (AvgIpc) is 3.04. The van der Waals surface area contributed by atoms with E-state index < -0.39 is 0 Å². The van der Waals surface area contributed by atoms with Gasteiger partial charge in [0.25, 0.3) is 0 Å². The number of rotatable bonds is 7. The zero-order chi connectivity index (χ0) is 16.8. The van der Waals surface area contributed by atoms with E-state index in [0.29, 0.717) is 13.1 Å². The molecule has 1 aromatic heterocycles. The first-order valence-corrected chi connectivity index (χ1v) is 9.14. The monoisotopic (exact) mass is 331 g/mol. The third kappa shape index (κ3) is 4.86. The highest BCUT2D eigenvalue weighted by Gasteiger charge is 2.23. The van der Waals surface area contributed by atoms with Crippen LogP contribution < -0.4 is 0 Å². The predicted octanol–water partition coefficient (Wildman–Crippen LogP) is 3.68. The molecule has 0 fully saturated rings. The van der Waals surface area contributed by atoms with Crippen LogP contribution in [0.3, 0.4) is 0 Å². The smallest absolute Gasteiger partial charge is 0.227 e. The lowest BCUT2D eigenvalue weighted by atomic mass is 10.1. The quantitative estimate of drug-likeness (QED) is 0.727. The van der Waals surface area contributed by atoms with Crippen molar-refractivity contribution in [1.29, 1.82) is 0 Å². The maximum Gasteiger partial charge on any atom is 0.227 e. The van der Waals surface area contributed by atoms with Crippen LogP contribution in [0.25, 0.3) is 0 Å². The Morgan fingerprint density at radius 1 is 1.30 bits per heavy atom. The summed E-state index contributed by atoms with van der Waals surface area (Å²) < 4.78 is 1.81. The van der Waals surface area contributed by atoms with Crippen molar-refractivity contribution in [1.82, 2.24) is 14.7 Å². The van der Waals surface area contributed by atoms with E-state index in [-0.39, 0.29) is 17.9 Å². The highest BCUT2D eigenvalue weighted by molar-refractivity contribution is 7.98. The average molecular weight is 331 g/mol. The van der Waals surface area contributed by atoms with Crippen LogP contribution in [0.4, 0.5) is 0 Å². The number of benzene rings is 1. The van der Waals surface area contributed by atoms with Crippen molar-refractivity contribution in [3.05, 3.63) is 48.3 Å². The molecular formula is C18H25N3OS. The van der Waals surface area contributed by atoms with Gasteiger partial charge in [-0.2, -0.15) is 5.10 Å². The largest absolute Gasteiger partial charge is 0.336 e. The van der Waals surface area contributed by atoms with Gasteiger partial charge < -0.3 is 4.90 Å². The molecule has 0 radical (unpaired) electrons. The van der Waals surface area contributed by atoms with Gasteiger partial charge in [-0.05, 0) is 43.9 Å². The number of hydrogen-bond acceptors (Lipinski definition) is 3. The summed E-state index contributed by atoms with van der Waals surface area (Å²) in [5.74, 6) is 0.0751. The third-order valence-electron chi connectivity index (χ3n) is 3.84. The van der Waals surface area contributed by atoms with Gasteiger partial charge in [-0.25, -0.2) is 0 Å². The molecule has 1 atom stereocenters. The lowest BCUT2D eigenvalue weighted by Crippen LogP contribution is -2.40. The summed E-state index contributed by atoms with van der Waals surface area (Å²) in [5, 5.41) is 4.19. The Hall–Kier alpha value is -1.75. The molecule has 0 spiro atoms. The molecule has 1 amide bonds. The van der Waals surface area contributed by atoms with Gasteiger partial charge in [-0.3, -0.25) is 9.48 Å². The molecule has 0 bridgehead atoms. The van der Waals surface area contributed by atoms with Gasteiger partial charge in [-0.1, -0.05) is 19.1 Å². The fraction of sp³-hybridized carbons (Fsp3) is 0.444. The van der Waals surface area contributed by atoms with Gasteiger partial charge >= 0.3 is 0 Å². The van der Waals surface area contributed by atoms with Crippen molar-refractivity contribution in [2.24, 2.45) is 5.92 Å². The maximum absolute atomic E-state index is 12.8. The molecule has 2 aromatic rings. The fourth-order valence-electron chi connectivity index (χ4n) is 2.53. The van der Waals surface area contributed by atoms with Gasteiger partial charge in [0.2, 0.25) is 5.91 Å². The number of nitrogens with zero attached hydrogens (tertiary/aromatic N) is 3. The molecule has 1 aromatic carbocycles. The van der Waals surface area contributed by atoms with Crippen molar-refractivity contribution in [3.8, 4) is 0 Å². The van der Waals surface area contributed by atoms with Crippen LogP contribution in [0.15, 0.2) is 47.6 Å². The number of hydrogen-bond donors (Lipinski definition) is 0. The molecule has 124 valence electrons. The van der Waals surface area contributed by atoms with Crippen molar-refractivity contribution in [2.75, 3.05) is 6.26 Å². The minimum Gasteiger partial charge on any atom is -0.336 e. The standard InChI is InChI=1S/C18H25N3OS/c1-14(2)21(13-16-7-5-8-17(11-16)23-4)18(22)15(3)12-20-10-6-9-19-20/h5-11,14-15H,12-13H2,1-4H3. The van der Waals surface area contributed by atoms with E-state index in [1.807, 2.05) is 28.8 Å². The van der Waals surface area contributed by atoms with E-state index in [4.69, 9.17) is 0 Å². The first-order valence-electron chi connectivity index (χ1n) is 7.92. The second-order valence-electron chi connectivity index (χ2n) is 6.04. The SMILES string of the molecule is CSc1cccc(CN(C(=O)C(C)Cn2cccn2)C(C)C)c1. The molecule has 0 aliphatic heterocycles. The second-order valence-corrected chi connectivity index (χ2v) is 6.92. The molecule has 0 aliphatic carbocycles. The summed E-state index contributed by atoms with van der Waals surface area (Å²) in [4.78, 5) is 16.0. The van der Waals surface area contributed by atoms with Crippen LogP contribution in [0.1, 0.15) is 26.3 Å². The lowest BCUT2D eigenvalue weighted by molar-refractivity contribution is -0.138. The van der Waals surface area contributed by atoms with Gasteiger partial charge in [0, 0.05) is 29.9 Å². The number of amides is 1. The normalized spacial score (nSPS) is 12.4. The van der Waals surface area contributed by atoms with Gasteiger partial charge in [0.1, 0.15) is 0 Å². The van der Waals surface area contributed by atoms with Gasteiger partial charge in [-0.15, -0.1) is 11.8 Å². The van der Waals surface area contributed by atoms with Crippen LogP contribution in [0.2, 0.25) is 0 Å². The van der Waals surface area contributed by atoms with E-state index >= 15 is 0 Å². The van der Waals surface area contributed by atoms with E-state index in [2.05, 4.69) is 49.5 Å². The van der Waals surface area contributed by atoms with E-state index in [1.165, 1.54) is 10.5 Å². The Kier molecular flexibility index (Phi) is 6.28. The van der Waals surface area contributed by atoms with Crippen LogP contribution in [0.5, 0.6) is 0 Å². The molecule has 5 heteroatoms. The van der Waals surface area contributed by atoms with Crippen LogP contribution in [-0.2, 0) is 17.9 Å². The minimum atomic E-state index is -0.0963. The van der Waals surface area contributed by atoms with Crippen molar-refractivity contribution < 1.29 is 4.79 Å². The minimum absolute atomic E-state index is 0.0963. The van der Waals surface area contributed by atoms with E-state index in [1.54, 1.807) is 18.0 Å². The molecule has 1 heterocycles. The first-order chi connectivity index (χ1) is 11.0. The van der Waals surface area contributed by atoms with Crippen LogP contribution in [0, 0.1) is 5.92 Å². The molecule has 0 saturated heterocycles. The number of thioether (sulfide) groups is 1. The molecule has 0 aliphatic rings. The first kappa shape index (κ1) is 17.6. The number of carbonyl (C=O) groups excluding carboxylic acids is 1. The number of carbonyl (C=O) groups is 1. The Bertz CT molecular complexity index is 625. The van der Waals surface area contributed by atoms with E-state index in [9.17, 15) is 4.79 Å². The van der Waals surface area contributed by atoms with Crippen molar-refractivity contribution in [2.45, 2.75) is 44.8 Å². The molecule has 0 saturated carbocycles. The van der Waals surface area contributed by atoms with E-state index in [0.717, 1.165) is 0 Å². The third-order valence-corrected chi connectivity index (χ3v) is 4.56. The summed E-state index contributed by atoms with van der Waals surface area (Å²) >= 11 is 1.72.